The summed E-state index contributed by atoms with van der Waals surface area (Å²) >= 11 is 0. The predicted molar refractivity (Wildman–Crippen MR) is 90.3 cm³/mol. The lowest BCUT2D eigenvalue weighted by atomic mass is 9.79. The number of nitrogens with zero attached hydrogens (tertiary/aromatic N) is 1. The quantitative estimate of drug-likeness (QED) is 0.827. The molecule has 1 aromatic carbocycles. The third-order valence-corrected chi connectivity index (χ3v) is 4.09. The van der Waals surface area contributed by atoms with Crippen LogP contribution in [0.2, 0.25) is 0 Å². The Morgan fingerprint density at radius 2 is 1.96 bits per heavy atom. The number of hydrogen-bond donors (Lipinski definition) is 2. The van der Waals surface area contributed by atoms with E-state index in [4.69, 9.17) is 14.8 Å². The lowest BCUT2D eigenvalue weighted by Gasteiger charge is -2.31. The fourth-order valence-electron chi connectivity index (χ4n) is 2.95. The topological polar surface area (TPSA) is 70.0 Å². The molecule has 0 radical (unpaired) electrons. The SMILES string of the molecule is CC(C)(C)OC(=O)N(Cc1ccc(B(O)O)c(F)c1)C1CCCC1. The van der Waals surface area contributed by atoms with Gasteiger partial charge in [0.25, 0.3) is 0 Å². The second-order valence-corrected chi connectivity index (χ2v) is 7.28. The number of rotatable bonds is 4. The van der Waals surface area contributed by atoms with Crippen LogP contribution in [0.5, 0.6) is 0 Å². The van der Waals surface area contributed by atoms with Crippen LogP contribution in [0.1, 0.15) is 52.0 Å². The van der Waals surface area contributed by atoms with Crippen molar-refractivity contribution in [1.82, 2.24) is 4.90 Å². The monoisotopic (exact) mass is 337 g/mol. The normalized spacial score (nSPS) is 15.4. The molecule has 2 N–H and O–H groups in total. The van der Waals surface area contributed by atoms with Gasteiger partial charge >= 0.3 is 13.2 Å². The summed E-state index contributed by atoms with van der Waals surface area (Å²) in [5.41, 5.74) is -0.178. The molecule has 1 aliphatic carbocycles. The molecule has 0 heterocycles. The summed E-state index contributed by atoms with van der Waals surface area (Å²) in [6.07, 6.45) is 3.55. The molecule has 24 heavy (non-hydrogen) atoms. The molecule has 5 nitrogen and oxygen atoms in total. The van der Waals surface area contributed by atoms with Gasteiger partial charge in [-0.15, -0.1) is 0 Å². The Balaban J connectivity index is 2.18. The molecule has 2 rings (SSSR count). The zero-order chi connectivity index (χ0) is 17.9. The Hall–Kier alpha value is -1.60. The number of carbonyl (C=O) groups excluding carboxylic acids is 1. The maximum atomic E-state index is 13.9. The second kappa shape index (κ2) is 7.53. The molecule has 0 aromatic heterocycles. The maximum absolute atomic E-state index is 13.9. The Labute approximate surface area is 142 Å². The first-order valence-electron chi connectivity index (χ1n) is 8.31. The molecule has 0 bridgehead atoms. The van der Waals surface area contributed by atoms with Gasteiger partial charge in [0.2, 0.25) is 0 Å². The van der Waals surface area contributed by atoms with Gasteiger partial charge in [-0.2, -0.15) is 0 Å². The van der Waals surface area contributed by atoms with Gasteiger partial charge in [0.05, 0.1) is 0 Å². The van der Waals surface area contributed by atoms with Gasteiger partial charge < -0.3 is 19.7 Å². The highest BCUT2D eigenvalue weighted by Gasteiger charge is 2.30. The minimum atomic E-state index is -1.85. The molecule has 0 atom stereocenters. The van der Waals surface area contributed by atoms with Crippen LogP contribution in [0, 0.1) is 5.82 Å². The highest BCUT2D eigenvalue weighted by atomic mass is 19.1. The van der Waals surface area contributed by atoms with Crippen molar-refractivity contribution in [3.05, 3.63) is 29.6 Å². The van der Waals surface area contributed by atoms with Gasteiger partial charge in [-0.25, -0.2) is 9.18 Å². The summed E-state index contributed by atoms with van der Waals surface area (Å²) < 4.78 is 19.4. The molecule has 1 saturated carbocycles. The van der Waals surface area contributed by atoms with Crippen molar-refractivity contribution in [3.63, 3.8) is 0 Å². The van der Waals surface area contributed by atoms with Crippen LogP contribution in [0.3, 0.4) is 0 Å². The molecule has 0 spiro atoms. The van der Waals surface area contributed by atoms with Crippen LogP contribution < -0.4 is 5.46 Å². The predicted octanol–water partition coefficient (Wildman–Crippen LogP) is 2.19. The van der Waals surface area contributed by atoms with Crippen LogP contribution in [-0.2, 0) is 11.3 Å². The standard InChI is InChI=1S/C17H25BFNO4/c1-17(2,3)24-16(21)20(13-6-4-5-7-13)11-12-8-9-14(18(22)23)15(19)10-12/h8-10,13,22-23H,4-7,11H2,1-3H3. The lowest BCUT2D eigenvalue weighted by molar-refractivity contribution is 0.0144. The van der Waals surface area contributed by atoms with E-state index in [9.17, 15) is 9.18 Å². The Morgan fingerprint density at radius 1 is 1.33 bits per heavy atom. The zero-order valence-corrected chi connectivity index (χ0v) is 14.5. The molecule has 0 unspecified atom stereocenters. The van der Waals surface area contributed by atoms with E-state index in [1.807, 2.05) is 20.8 Å². The van der Waals surface area contributed by atoms with E-state index in [0.717, 1.165) is 25.7 Å². The number of carbonyl (C=O) groups is 1. The van der Waals surface area contributed by atoms with Crippen LogP contribution >= 0.6 is 0 Å². The average Bonchev–Trinajstić information content (AvgIpc) is 2.96. The number of halogens is 1. The van der Waals surface area contributed by atoms with E-state index in [-0.39, 0.29) is 18.0 Å². The van der Waals surface area contributed by atoms with E-state index in [1.165, 1.54) is 12.1 Å². The summed E-state index contributed by atoms with van der Waals surface area (Å²) in [6.45, 7) is 5.68. The van der Waals surface area contributed by atoms with Crippen LogP contribution in [0.15, 0.2) is 18.2 Å². The van der Waals surface area contributed by atoms with Gasteiger partial charge in [-0.3, -0.25) is 0 Å². The van der Waals surface area contributed by atoms with Crippen molar-refractivity contribution < 1.29 is 24.0 Å². The Kier molecular flexibility index (Phi) is 5.88. The van der Waals surface area contributed by atoms with Crippen molar-refractivity contribution in [3.8, 4) is 0 Å². The highest BCUT2D eigenvalue weighted by Crippen LogP contribution is 2.26. The van der Waals surface area contributed by atoms with E-state index in [1.54, 1.807) is 11.0 Å². The largest absolute Gasteiger partial charge is 0.491 e. The molecule has 0 aliphatic heterocycles. The zero-order valence-electron chi connectivity index (χ0n) is 14.5. The third-order valence-electron chi connectivity index (χ3n) is 4.09. The molecular formula is C17H25BFNO4. The first-order valence-corrected chi connectivity index (χ1v) is 8.31. The maximum Gasteiger partial charge on any atom is 0.491 e. The fraction of sp³-hybridized carbons (Fsp3) is 0.588. The van der Waals surface area contributed by atoms with Gasteiger partial charge in [-0.1, -0.05) is 25.0 Å². The van der Waals surface area contributed by atoms with Crippen molar-refractivity contribution >= 4 is 18.7 Å². The first kappa shape index (κ1) is 18.7. The van der Waals surface area contributed by atoms with Crippen molar-refractivity contribution in [2.75, 3.05) is 0 Å². The van der Waals surface area contributed by atoms with Crippen LogP contribution in [0.25, 0.3) is 0 Å². The van der Waals surface area contributed by atoms with Gasteiger partial charge in [-0.05, 0) is 45.2 Å². The van der Waals surface area contributed by atoms with Crippen LogP contribution in [-0.4, -0.2) is 39.8 Å². The van der Waals surface area contributed by atoms with Gasteiger partial charge in [0, 0.05) is 18.0 Å². The third kappa shape index (κ3) is 4.95. The Morgan fingerprint density at radius 3 is 2.46 bits per heavy atom. The van der Waals surface area contributed by atoms with Crippen molar-refractivity contribution in [1.29, 1.82) is 0 Å². The molecule has 0 saturated heterocycles. The second-order valence-electron chi connectivity index (χ2n) is 7.28. The molecule has 1 aliphatic rings. The molecular weight excluding hydrogens is 312 g/mol. The van der Waals surface area contributed by atoms with Gasteiger partial charge in [0.15, 0.2) is 0 Å². The molecule has 7 heteroatoms. The number of hydrogen-bond acceptors (Lipinski definition) is 4. The molecule has 132 valence electrons. The summed E-state index contributed by atoms with van der Waals surface area (Å²) in [5.74, 6) is -0.696. The minimum Gasteiger partial charge on any atom is -0.444 e. The minimum absolute atomic E-state index is 0.0889. The van der Waals surface area contributed by atoms with Crippen molar-refractivity contribution in [2.45, 2.75) is 64.6 Å². The molecule has 1 amide bonds. The summed E-state index contributed by atoms with van der Waals surface area (Å²) in [7, 11) is -1.85. The van der Waals surface area contributed by atoms with E-state index < -0.39 is 24.6 Å². The summed E-state index contributed by atoms with van der Waals surface area (Å²) in [4.78, 5) is 14.2. The number of ether oxygens (including phenoxy) is 1. The first-order chi connectivity index (χ1) is 11.2. The summed E-state index contributed by atoms with van der Waals surface area (Å²) in [6, 6.07) is 4.26. The summed E-state index contributed by atoms with van der Waals surface area (Å²) in [5, 5.41) is 18.2. The van der Waals surface area contributed by atoms with E-state index in [2.05, 4.69) is 0 Å². The fourth-order valence-corrected chi connectivity index (χ4v) is 2.95. The van der Waals surface area contributed by atoms with Crippen LogP contribution in [0.4, 0.5) is 9.18 Å². The lowest BCUT2D eigenvalue weighted by Crippen LogP contribution is -2.42. The molecule has 1 aromatic rings. The number of benzene rings is 1. The van der Waals surface area contributed by atoms with E-state index >= 15 is 0 Å². The van der Waals surface area contributed by atoms with E-state index in [0.29, 0.717) is 5.56 Å². The smallest absolute Gasteiger partial charge is 0.444 e. The van der Waals surface area contributed by atoms with Crippen molar-refractivity contribution in [2.24, 2.45) is 0 Å². The average molecular weight is 337 g/mol. The highest BCUT2D eigenvalue weighted by molar-refractivity contribution is 6.58. The number of amides is 1. The molecule has 1 fully saturated rings. The Bertz CT molecular complexity index is 582. The van der Waals surface area contributed by atoms with Gasteiger partial charge in [0.1, 0.15) is 11.4 Å².